The Labute approximate surface area is 263 Å². The number of fused-ring (bicyclic) bond motifs is 2. The first-order valence-electron chi connectivity index (χ1n) is 15.4. The van der Waals surface area contributed by atoms with Gasteiger partial charge in [0.25, 0.3) is 0 Å². The number of nitrogens with one attached hydrogen (secondary N) is 3. The first-order valence-corrected chi connectivity index (χ1v) is 15.4. The highest BCUT2D eigenvalue weighted by Gasteiger charge is 2.38. The van der Waals surface area contributed by atoms with E-state index >= 15 is 0 Å². The lowest BCUT2D eigenvalue weighted by Crippen LogP contribution is -2.54. The molecule has 4 aromatic rings. The van der Waals surface area contributed by atoms with Crippen LogP contribution in [0.2, 0.25) is 0 Å². The lowest BCUT2D eigenvalue weighted by atomic mass is 9.93. The van der Waals surface area contributed by atoms with E-state index in [4.69, 9.17) is 14.5 Å². The van der Waals surface area contributed by atoms with Crippen molar-refractivity contribution in [2.24, 2.45) is 0 Å². The topological polar surface area (TPSA) is 126 Å². The second kappa shape index (κ2) is 14.3. The fourth-order valence-electron chi connectivity index (χ4n) is 5.39. The van der Waals surface area contributed by atoms with Crippen LogP contribution in [-0.4, -0.2) is 51.1 Å². The first kappa shape index (κ1) is 31.6. The van der Waals surface area contributed by atoms with E-state index in [1.54, 1.807) is 0 Å². The highest BCUT2D eigenvalue weighted by Crippen LogP contribution is 2.27. The molecule has 236 valence electrons. The maximum Gasteiger partial charge on any atom is 0.411 e. The molecule has 1 aliphatic heterocycles. The number of ether oxygens (including phenoxy) is 2. The summed E-state index contributed by atoms with van der Waals surface area (Å²) in [5, 5.41) is 5.98. The molecule has 10 nitrogen and oxygen atoms in total. The van der Waals surface area contributed by atoms with E-state index in [9.17, 15) is 14.4 Å². The summed E-state index contributed by atoms with van der Waals surface area (Å²) in [6.07, 6.45) is 1.33. The van der Waals surface area contributed by atoms with Gasteiger partial charge in [-0.2, -0.15) is 0 Å². The number of amides is 3. The highest BCUT2D eigenvalue weighted by molar-refractivity contribution is 5.87. The molecule has 5 rings (SSSR count). The fourth-order valence-corrected chi connectivity index (χ4v) is 5.39. The van der Waals surface area contributed by atoms with Crippen LogP contribution in [0.15, 0.2) is 78.9 Å². The third-order valence-corrected chi connectivity index (χ3v) is 7.64. The predicted octanol–water partition coefficient (Wildman–Crippen LogP) is 6.18. The van der Waals surface area contributed by atoms with Crippen LogP contribution < -0.4 is 10.6 Å². The Kier molecular flexibility index (Phi) is 10.0. The summed E-state index contributed by atoms with van der Waals surface area (Å²) < 4.78 is 11.0. The lowest BCUT2D eigenvalue weighted by Gasteiger charge is -2.37. The molecule has 1 unspecified atom stereocenters. The minimum atomic E-state index is -0.748. The molecule has 3 N–H and O–H groups in total. The summed E-state index contributed by atoms with van der Waals surface area (Å²) in [6, 6.07) is 23.9. The SMILES string of the molecule is CC(C)(C)OC(=O)N1Cc2ccccc2CC1C(=O)N[C@@H](CCCCNC(=O)OCc1ccccc1)c1nc2ccccc2[nH]1. The Balaban J connectivity index is 1.25. The molecule has 0 saturated carbocycles. The van der Waals surface area contributed by atoms with E-state index in [1.165, 1.54) is 4.90 Å². The van der Waals surface area contributed by atoms with Gasteiger partial charge in [-0.25, -0.2) is 14.6 Å². The van der Waals surface area contributed by atoms with Crippen molar-refractivity contribution in [3.8, 4) is 0 Å². The molecule has 3 aromatic carbocycles. The van der Waals surface area contributed by atoms with Crippen molar-refractivity contribution in [1.82, 2.24) is 25.5 Å². The molecular formula is C35H41N5O5. The zero-order valence-corrected chi connectivity index (χ0v) is 26.0. The predicted molar refractivity (Wildman–Crippen MR) is 171 cm³/mol. The number of hydrogen-bond acceptors (Lipinski definition) is 6. The smallest absolute Gasteiger partial charge is 0.411 e. The monoisotopic (exact) mass is 611 g/mol. The third-order valence-electron chi connectivity index (χ3n) is 7.64. The van der Waals surface area contributed by atoms with Crippen molar-refractivity contribution in [1.29, 1.82) is 0 Å². The van der Waals surface area contributed by atoms with E-state index in [2.05, 4.69) is 15.6 Å². The largest absolute Gasteiger partial charge is 0.445 e. The second-order valence-corrected chi connectivity index (χ2v) is 12.3. The van der Waals surface area contributed by atoms with Gasteiger partial charge in [-0.1, -0.05) is 66.7 Å². The van der Waals surface area contributed by atoms with Crippen LogP contribution in [0, 0.1) is 0 Å². The van der Waals surface area contributed by atoms with E-state index in [1.807, 2.05) is 99.6 Å². The van der Waals surface area contributed by atoms with Crippen LogP contribution >= 0.6 is 0 Å². The van der Waals surface area contributed by atoms with Gasteiger partial charge >= 0.3 is 12.2 Å². The normalized spacial score (nSPS) is 15.2. The van der Waals surface area contributed by atoms with Gasteiger partial charge in [0, 0.05) is 13.0 Å². The Morgan fingerprint density at radius 2 is 1.67 bits per heavy atom. The Hall–Kier alpha value is -4.86. The zero-order valence-electron chi connectivity index (χ0n) is 26.0. The van der Waals surface area contributed by atoms with Gasteiger partial charge in [0.2, 0.25) is 5.91 Å². The number of aromatic amines is 1. The number of nitrogens with zero attached hydrogens (tertiary/aromatic N) is 2. The quantitative estimate of drug-likeness (QED) is 0.184. The molecule has 2 heterocycles. The first-order chi connectivity index (χ1) is 21.7. The number of aromatic nitrogens is 2. The zero-order chi connectivity index (χ0) is 31.8. The van der Waals surface area contributed by atoms with Gasteiger partial charge in [0.05, 0.1) is 23.6 Å². The molecule has 0 fully saturated rings. The fraction of sp³-hybridized carbons (Fsp3) is 0.371. The van der Waals surface area contributed by atoms with Crippen molar-refractivity contribution < 1.29 is 23.9 Å². The minimum absolute atomic E-state index is 0.207. The maximum absolute atomic E-state index is 14.0. The molecule has 0 spiro atoms. The van der Waals surface area contributed by atoms with Gasteiger partial charge in [-0.3, -0.25) is 9.69 Å². The van der Waals surface area contributed by atoms with Crippen LogP contribution in [0.4, 0.5) is 9.59 Å². The molecule has 1 aliphatic rings. The van der Waals surface area contributed by atoms with Crippen molar-refractivity contribution >= 4 is 29.1 Å². The lowest BCUT2D eigenvalue weighted by molar-refractivity contribution is -0.128. The molecule has 2 atom stereocenters. The number of alkyl carbamates (subject to hydrolysis) is 1. The van der Waals surface area contributed by atoms with E-state index < -0.39 is 29.9 Å². The van der Waals surface area contributed by atoms with Gasteiger partial charge in [0.15, 0.2) is 0 Å². The molecular weight excluding hydrogens is 570 g/mol. The number of carbonyl (C=O) groups excluding carboxylic acids is 3. The molecule has 0 bridgehead atoms. The molecule has 10 heteroatoms. The third kappa shape index (κ3) is 8.62. The van der Waals surface area contributed by atoms with Crippen LogP contribution in [-0.2, 0) is 33.8 Å². The summed E-state index contributed by atoms with van der Waals surface area (Å²) in [4.78, 5) is 49.1. The van der Waals surface area contributed by atoms with Gasteiger partial charge in [-0.05, 0) is 68.9 Å². The molecule has 0 radical (unpaired) electrons. The number of H-pyrrole nitrogens is 1. The summed E-state index contributed by atoms with van der Waals surface area (Å²) >= 11 is 0. The standard InChI is InChI=1S/C35H41N5O5/c1-35(2,3)45-34(43)40-22-26-16-8-7-15-25(26)21-30(40)32(41)39-29(31-37-27-17-9-10-18-28(27)38-31)19-11-12-20-36-33(42)44-23-24-13-5-4-6-14-24/h4-10,13-18,29-30H,11-12,19-23H2,1-3H3,(H,36,42)(H,37,38)(H,39,41)/t29-,30?/m0/s1. The second-order valence-electron chi connectivity index (χ2n) is 12.3. The molecule has 0 aliphatic carbocycles. The van der Waals surface area contributed by atoms with E-state index in [0.717, 1.165) is 27.7 Å². The van der Waals surface area contributed by atoms with Crippen LogP contribution in [0.3, 0.4) is 0 Å². The van der Waals surface area contributed by atoms with Crippen molar-refractivity contribution in [3.63, 3.8) is 0 Å². The van der Waals surface area contributed by atoms with Crippen molar-refractivity contribution in [3.05, 3.63) is 101 Å². The average molecular weight is 612 g/mol. The number of benzene rings is 3. The minimum Gasteiger partial charge on any atom is -0.445 e. The number of imidazole rings is 1. The van der Waals surface area contributed by atoms with Crippen LogP contribution in [0.1, 0.15) is 68.6 Å². The summed E-state index contributed by atoms with van der Waals surface area (Å²) in [5.74, 6) is 0.364. The van der Waals surface area contributed by atoms with E-state index in [0.29, 0.717) is 38.1 Å². The average Bonchev–Trinajstić information content (AvgIpc) is 3.46. The van der Waals surface area contributed by atoms with E-state index in [-0.39, 0.29) is 19.1 Å². The van der Waals surface area contributed by atoms with Gasteiger partial charge in [0.1, 0.15) is 24.1 Å². The summed E-state index contributed by atoms with van der Waals surface area (Å²) in [5.41, 5.74) is 3.92. The number of para-hydroxylation sites is 2. The summed E-state index contributed by atoms with van der Waals surface area (Å²) in [6.45, 7) is 6.36. The Morgan fingerprint density at radius 1 is 0.956 bits per heavy atom. The van der Waals surface area contributed by atoms with Crippen LogP contribution in [0.5, 0.6) is 0 Å². The van der Waals surface area contributed by atoms with Crippen molar-refractivity contribution in [2.75, 3.05) is 6.54 Å². The molecule has 1 aromatic heterocycles. The van der Waals surface area contributed by atoms with Gasteiger partial charge in [-0.15, -0.1) is 0 Å². The maximum atomic E-state index is 14.0. The molecule has 3 amide bonds. The Bertz CT molecular complexity index is 1580. The van der Waals surface area contributed by atoms with Crippen molar-refractivity contribution in [2.45, 2.75) is 77.3 Å². The molecule has 45 heavy (non-hydrogen) atoms. The number of hydrogen-bond donors (Lipinski definition) is 3. The number of unbranched alkanes of at least 4 members (excludes halogenated alkanes) is 1. The van der Waals surface area contributed by atoms with Crippen LogP contribution in [0.25, 0.3) is 11.0 Å². The highest BCUT2D eigenvalue weighted by atomic mass is 16.6. The molecule has 0 saturated heterocycles. The Morgan fingerprint density at radius 3 is 2.42 bits per heavy atom. The summed E-state index contributed by atoms with van der Waals surface area (Å²) in [7, 11) is 0. The number of carbonyl (C=O) groups is 3. The number of rotatable bonds is 10. The van der Waals surface area contributed by atoms with Gasteiger partial charge < -0.3 is 25.1 Å².